The molecule has 0 spiro atoms. The van der Waals surface area contributed by atoms with Crippen molar-refractivity contribution >= 4 is 11.6 Å². The summed E-state index contributed by atoms with van der Waals surface area (Å²) in [5, 5.41) is 8.35. The van der Waals surface area contributed by atoms with Gasteiger partial charge in [-0.25, -0.2) is 0 Å². The van der Waals surface area contributed by atoms with Gasteiger partial charge < -0.3 is 10.1 Å². The third-order valence-electron chi connectivity index (χ3n) is 3.36. The van der Waals surface area contributed by atoms with Gasteiger partial charge in [0.05, 0.1) is 12.2 Å². The van der Waals surface area contributed by atoms with Gasteiger partial charge in [0.15, 0.2) is 0 Å². The van der Waals surface area contributed by atoms with Crippen LogP contribution >= 0.6 is 11.6 Å². The number of halogens is 1. The highest BCUT2D eigenvalue weighted by molar-refractivity contribution is 6.30. The molecular formula is C16H22ClN3O. The van der Waals surface area contributed by atoms with Crippen molar-refractivity contribution in [1.82, 2.24) is 15.1 Å². The second kappa shape index (κ2) is 7.48. The summed E-state index contributed by atoms with van der Waals surface area (Å²) in [7, 11) is 1.93. The molecule has 2 atom stereocenters. The van der Waals surface area contributed by atoms with E-state index in [1.165, 1.54) is 0 Å². The Morgan fingerprint density at radius 2 is 2.24 bits per heavy atom. The fraction of sp³-hybridized carbons (Fsp3) is 0.438. The van der Waals surface area contributed by atoms with Crippen LogP contribution in [-0.4, -0.2) is 22.9 Å². The smallest absolute Gasteiger partial charge is 0.121 e. The van der Waals surface area contributed by atoms with Crippen LogP contribution in [0.25, 0.3) is 0 Å². The lowest BCUT2D eigenvalue weighted by Crippen LogP contribution is -2.31. The minimum Gasteiger partial charge on any atom is -0.489 e. The number of aromatic nitrogens is 2. The molecule has 0 aliphatic rings. The Balaban J connectivity index is 2.08. The van der Waals surface area contributed by atoms with Crippen molar-refractivity contribution in [3.63, 3.8) is 0 Å². The fourth-order valence-corrected chi connectivity index (χ4v) is 2.57. The van der Waals surface area contributed by atoms with Crippen LogP contribution in [0, 0.1) is 0 Å². The Kier molecular flexibility index (Phi) is 5.65. The number of nitrogens with one attached hydrogen (secondary N) is 1. The van der Waals surface area contributed by atoms with Crippen LogP contribution < -0.4 is 10.1 Å². The number of nitrogens with zero attached hydrogens (tertiary/aromatic N) is 2. The van der Waals surface area contributed by atoms with E-state index < -0.39 is 0 Å². The zero-order valence-electron chi connectivity index (χ0n) is 12.7. The van der Waals surface area contributed by atoms with Gasteiger partial charge in [0, 0.05) is 23.3 Å². The molecule has 0 aliphatic carbocycles. The quantitative estimate of drug-likeness (QED) is 0.848. The summed E-state index contributed by atoms with van der Waals surface area (Å²) in [6, 6.07) is 7.54. The third kappa shape index (κ3) is 4.22. The van der Waals surface area contributed by atoms with Crippen LogP contribution in [0.5, 0.6) is 5.75 Å². The fourth-order valence-electron chi connectivity index (χ4n) is 2.39. The molecule has 1 heterocycles. The molecule has 1 aromatic carbocycles. The molecule has 5 heteroatoms. The maximum absolute atomic E-state index is 5.99. The zero-order chi connectivity index (χ0) is 15.2. The van der Waals surface area contributed by atoms with Crippen molar-refractivity contribution < 1.29 is 4.74 Å². The molecule has 0 aliphatic heterocycles. The number of likely N-dealkylation sites (N-methyl/N-ethyl adjacent to an activating group) is 1. The molecule has 0 saturated carbocycles. The normalized spacial score (nSPS) is 13.9. The summed E-state index contributed by atoms with van der Waals surface area (Å²) in [6.07, 6.45) is 5.00. The van der Waals surface area contributed by atoms with Gasteiger partial charge >= 0.3 is 0 Å². The molecule has 2 aromatic rings. The van der Waals surface area contributed by atoms with Crippen LogP contribution in [0.1, 0.15) is 31.9 Å². The maximum Gasteiger partial charge on any atom is 0.121 e. The number of rotatable bonds is 7. The summed E-state index contributed by atoms with van der Waals surface area (Å²) in [5.74, 6) is 0.774. The van der Waals surface area contributed by atoms with Gasteiger partial charge in [-0.1, -0.05) is 24.6 Å². The van der Waals surface area contributed by atoms with E-state index in [0.717, 1.165) is 24.3 Å². The first-order valence-electron chi connectivity index (χ1n) is 7.26. The van der Waals surface area contributed by atoms with Crippen molar-refractivity contribution in [2.45, 2.75) is 39.0 Å². The first-order valence-corrected chi connectivity index (χ1v) is 7.63. The highest BCUT2D eigenvalue weighted by atomic mass is 35.5. The first kappa shape index (κ1) is 15.9. The van der Waals surface area contributed by atoms with E-state index >= 15 is 0 Å². The number of hydrogen-bond acceptors (Lipinski definition) is 3. The Hall–Kier alpha value is -1.52. The molecule has 0 saturated heterocycles. The molecule has 21 heavy (non-hydrogen) atoms. The second-order valence-electron chi connectivity index (χ2n) is 5.08. The number of benzene rings is 1. The largest absolute Gasteiger partial charge is 0.489 e. The van der Waals surface area contributed by atoms with Gasteiger partial charge in [0.25, 0.3) is 0 Å². The van der Waals surface area contributed by atoms with Crippen LogP contribution in [0.2, 0.25) is 5.02 Å². The lowest BCUT2D eigenvalue weighted by atomic mass is 10.1. The Morgan fingerprint density at radius 3 is 2.90 bits per heavy atom. The molecule has 0 amide bonds. The van der Waals surface area contributed by atoms with Crippen LogP contribution in [-0.2, 0) is 6.54 Å². The van der Waals surface area contributed by atoms with Gasteiger partial charge in [-0.15, -0.1) is 0 Å². The Labute approximate surface area is 131 Å². The Morgan fingerprint density at radius 1 is 1.43 bits per heavy atom. The average molecular weight is 308 g/mol. The second-order valence-corrected chi connectivity index (χ2v) is 5.52. The van der Waals surface area contributed by atoms with Crippen LogP contribution in [0.15, 0.2) is 36.7 Å². The SMILES string of the molecule is CCCn1cc(C(NC)C(C)Oc2cccc(Cl)c2)cn1. The lowest BCUT2D eigenvalue weighted by molar-refractivity contribution is 0.175. The van der Waals surface area contributed by atoms with Crippen LogP contribution in [0.4, 0.5) is 0 Å². The van der Waals surface area contributed by atoms with Crippen molar-refractivity contribution in [1.29, 1.82) is 0 Å². The predicted molar refractivity (Wildman–Crippen MR) is 85.9 cm³/mol. The number of ether oxygens (including phenoxy) is 1. The summed E-state index contributed by atoms with van der Waals surface area (Å²) < 4.78 is 7.95. The van der Waals surface area contributed by atoms with E-state index in [1.54, 1.807) is 0 Å². The van der Waals surface area contributed by atoms with E-state index in [-0.39, 0.29) is 12.1 Å². The van der Waals surface area contributed by atoms with E-state index in [2.05, 4.69) is 23.5 Å². The summed E-state index contributed by atoms with van der Waals surface area (Å²) in [4.78, 5) is 0. The first-order chi connectivity index (χ1) is 10.1. The molecular weight excluding hydrogens is 286 g/mol. The van der Waals surface area contributed by atoms with Gasteiger partial charge in [0.2, 0.25) is 0 Å². The maximum atomic E-state index is 5.99. The zero-order valence-corrected chi connectivity index (χ0v) is 13.5. The minimum absolute atomic E-state index is 0.0345. The van der Waals surface area contributed by atoms with Gasteiger partial charge in [-0.3, -0.25) is 4.68 Å². The highest BCUT2D eigenvalue weighted by Crippen LogP contribution is 2.23. The van der Waals surface area contributed by atoms with Crippen molar-refractivity contribution in [3.05, 3.63) is 47.2 Å². The van der Waals surface area contributed by atoms with E-state index in [1.807, 2.05) is 49.1 Å². The molecule has 1 N–H and O–H groups in total. The molecule has 0 fully saturated rings. The highest BCUT2D eigenvalue weighted by Gasteiger charge is 2.20. The standard InChI is InChI=1S/C16H22ClN3O/c1-4-8-20-11-13(10-19-20)16(18-3)12(2)21-15-7-5-6-14(17)9-15/h5-7,9-12,16,18H,4,8H2,1-3H3. The van der Waals surface area contributed by atoms with Crippen molar-refractivity contribution in [3.8, 4) is 5.75 Å². The summed E-state index contributed by atoms with van der Waals surface area (Å²) in [6.45, 7) is 5.11. The summed E-state index contributed by atoms with van der Waals surface area (Å²) >= 11 is 5.99. The van der Waals surface area contributed by atoms with E-state index in [9.17, 15) is 0 Å². The molecule has 114 valence electrons. The van der Waals surface area contributed by atoms with Crippen LogP contribution in [0.3, 0.4) is 0 Å². The van der Waals surface area contributed by atoms with Crippen molar-refractivity contribution in [2.24, 2.45) is 0 Å². The van der Waals surface area contributed by atoms with Crippen molar-refractivity contribution in [2.75, 3.05) is 7.05 Å². The number of hydrogen-bond donors (Lipinski definition) is 1. The van der Waals surface area contributed by atoms with Gasteiger partial charge in [-0.05, 0) is 38.6 Å². The summed E-state index contributed by atoms with van der Waals surface area (Å²) in [5.41, 5.74) is 1.13. The minimum atomic E-state index is -0.0345. The van der Waals surface area contributed by atoms with E-state index in [4.69, 9.17) is 16.3 Å². The van der Waals surface area contributed by atoms with Gasteiger partial charge in [0.1, 0.15) is 11.9 Å². The van der Waals surface area contributed by atoms with E-state index in [0.29, 0.717) is 5.02 Å². The molecule has 0 bridgehead atoms. The lowest BCUT2D eigenvalue weighted by Gasteiger charge is -2.23. The molecule has 0 radical (unpaired) electrons. The molecule has 4 nitrogen and oxygen atoms in total. The number of aryl methyl sites for hydroxylation is 1. The Bertz CT molecular complexity index is 570. The molecule has 2 unspecified atom stereocenters. The predicted octanol–water partition coefficient (Wildman–Crippen LogP) is 3.67. The third-order valence-corrected chi connectivity index (χ3v) is 3.60. The molecule has 1 aromatic heterocycles. The topological polar surface area (TPSA) is 39.1 Å². The monoisotopic (exact) mass is 307 g/mol. The van der Waals surface area contributed by atoms with Gasteiger partial charge in [-0.2, -0.15) is 5.10 Å². The molecule has 2 rings (SSSR count). The average Bonchev–Trinajstić information content (AvgIpc) is 2.88.